The largest absolute Gasteiger partial charge is 0.417 e. The Morgan fingerprint density at radius 1 is 1.14 bits per heavy atom. The van der Waals surface area contributed by atoms with Crippen LogP contribution in [0.1, 0.15) is 28.8 Å². The van der Waals surface area contributed by atoms with Crippen LogP contribution in [0, 0.1) is 6.92 Å². The van der Waals surface area contributed by atoms with Gasteiger partial charge in [0, 0.05) is 19.3 Å². The van der Waals surface area contributed by atoms with Crippen molar-refractivity contribution >= 4 is 29.3 Å². The minimum absolute atomic E-state index is 0.0876. The molecule has 28 heavy (non-hydrogen) atoms. The van der Waals surface area contributed by atoms with Crippen LogP contribution in [0.25, 0.3) is 0 Å². The molecule has 0 spiro atoms. The highest BCUT2D eigenvalue weighted by Gasteiger charge is 2.40. The lowest BCUT2D eigenvalue weighted by atomic mass is 10.1. The Morgan fingerprint density at radius 3 is 2.64 bits per heavy atom. The lowest BCUT2D eigenvalue weighted by Gasteiger charge is -2.22. The first-order chi connectivity index (χ1) is 13.4. The number of hydrogen-bond donors (Lipinski definition) is 1. The molecule has 1 fully saturated rings. The lowest BCUT2D eigenvalue weighted by Crippen LogP contribution is -2.43. The van der Waals surface area contributed by atoms with E-state index in [2.05, 4.69) is 5.32 Å². The number of nitrogens with zero attached hydrogens (tertiary/aromatic N) is 2. The Balaban J connectivity index is 1.57. The second kappa shape index (κ2) is 6.99. The summed E-state index contributed by atoms with van der Waals surface area (Å²) in [5.74, 6) is -0.0508. The molecule has 1 unspecified atom stereocenters. The third kappa shape index (κ3) is 3.19. The summed E-state index contributed by atoms with van der Waals surface area (Å²) in [7, 11) is 1.67. The molecule has 1 atom stereocenters. The second-order valence-corrected chi connectivity index (χ2v) is 7.11. The first-order valence-corrected chi connectivity index (χ1v) is 9.22. The van der Waals surface area contributed by atoms with Gasteiger partial charge in [0.05, 0.1) is 11.3 Å². The summed E-state index contributed by atoms with van der Waals surface area (Å²) >= 11 is 0. The number of hydrogen-bond acceptors (Lipinski definition) is 4. The lowest BCUT2D eigenvalue weighted by molar-refractivity contribution is -0.121. The molecule has 2 aromatic carbocycles. The molecule has 0 radical (unpaired) electrons. The average Bonchev–Trinajstić information content (AvgIpc) is 3.15. The average molecular weight is 379 g/mol. The van der Waals surface area contributed by atoms with Gasteiger partial charge < -0.3 is 14.5 Å². The third-order valence-corrected chi connectivity index (χ3v) is 5.20. The van der Waals surface area contributed by atoms with E-state index in [4.69, 9.17) is 4.74 Å². The molecule has 1 saturated heterocycles. The number of anilines is 2. The molecule has 1 N–H and O–H groups in total. The topological polar surface area (TPSA) is 79.0 Å². The maximum Gasteiger partial charge on any atom is 0.417 e. The summed E-state index contributed by atoms with van der Waals surface area (Å²) in [5.41, 5.74) is 2.59. The fourth-order valence-corrected chi connectivity index (χ4v) is 3.69. The highest BCUT2D eigenvalue weighted by atomic mass is 16.6. The monoisotopic (exact) mass is 379 g/mol. The Kier molecular flexibility index (Phi) is 4.50. The van der Waals surface area contributed by atoms with Crippen LogP contribution in [0.3, 0.4) is 0 Å². The van der Waals surface area contributed by atoms with Crippen molar-refractivity contribution in [2.24, 2.45) is 0 Å². The zero-order chi connectivity index (χ0) is 19.8. The molecule has 2 aromatic rings. The number of carbonyl (C=O) groups is 3. The van der Waals surface area contributed by atoms with Gasteiger partial charge in [-0.25, -0.2) is 4.79 Å². The minimum Gasteiger partial charge on any atom is -0.410 e. The van der Waals surface area contributed by atoms with Crippen LogP contribution in [-0.2, 0) is 4.79 Å². The van der Waals surface area contributed by atoms with E-state index in [1.54, 1.807) is 36.2 Å². The molecule has 7 heteroatoms. The van der Waals surface area contributed by atoms with Crippen LogP contribution in [-0.4, -0.2) is 42.4 Å². The van der Waals surface area contributed by atoms with E-state index in [9.17, 15) is 14.4 Å². The van der Waals surface area contributed by atoms with Gasteiger partial charge in [-0.05, 0) is 50.1 Å². The summed E-state index contributed by atoms with van der Waals surface area (Å²) in [6.07, 6.45) is 0.833. The van der Waals surface area contributed by atoms with Crippen molar-refractivity contribution in [3.8, 4) is 5.75 Å². The molecule has 4 rings (SSSR count). The van der Waals surface area contributed by atoms with E-state index in [1.165, 1.54) is 11.0 Å². The number of carbonyl (C=O) groups excluding carboxylic acids is 3. The van der Waals surface area contributed by atoms with Crippen molar-refractivity contribution in [2.45, 2.75) is 25.8 Å². The van der Waals surface area contributed by atoms with Gasteiger partial charge in [0.15, 0.2) is 0 Å². The molecule has 0 saturated carbocycles. The molecule has 3 amide bonds. The van der Waals surface area contributed by atoms with Crippen molar-refractivity contribution in [3.05, 3.63) is 53.6 Å². The summed E-state index contributed by atoms with van der Waals surface area (Å²) in [5, 5.41) is 2.65. The van der Waals surface area contributed by atoms with Gasteiger partial charge in [-0.1, -0.05) is 17.7 Å². The molecule has 144 valence electrons. The molecule has 0 aromatic heterocycles. The Labute approximate surface area is 162 Å². The molecule has 0 aliphatic carbocycles. The quantitative estimate of drug-likeness (QED) is 0.869. The zero-order valence-electron chi connectivity index (χ0n) is 15.8. The number of benzene rings is 2. The van der Waals surface area contributed by atoms with Crippen molar-refractivity contribution in [1.82, 2.24) is 4.90 Å². The fourth-order valence-electron chi connectivity index (χ4n) is 3.69. The van der Waals surface area contributed by atoms with Gasteiger partial charge in [-0.2, -0.15) is 0 Å². The molecule has 2 aliphatic heterocycles. The normalized spacial score (nSPS) is 18.4. The van der Waals surface area contributed by atoms with Crippen LogP contribution < -0.4 is 15.0 Å². The second-order valence-electron chi connectivity index (χ2n) is 7.11. The van der Waals surface area contributed by atoms with Crippen LogP contribution in [0.15, 0.2) is 42.5 Å². The van der Waals surface area contributed by atoms with Crippen LogP contribution in [0.5, 0.6) is 5.75 Å². The highest BCUT2D eigenvalue weighted by molar-refractivity contribution is 6.11. The maximum absolute atomic E-state index is 13.0. The number of fused-ring (bicyclic) bond motifs is 2. The summed E-state index contributed by atoms with van der Waals surface area (Å²) in [6.45, 7) is 2.52. The van der Waals surface area contributed by atoms with Gasteiger partial charge in [-0.3, -0.25) is 14.9 Å². The first-order valence-electron chi connectivity index (χ1n) is 9.22. The fraction of sp³-hybridized carbons (Fsp3) is 0.286. The Bertz CT molecular complexity index is 955. The molecule has 2 aliphatic rings. The predicted octanol–water partition coefficient (Wildman–Crippen LogP) is 3.19. The van der Waals surface area contributed by atoms with E-state index < -0.39 is 12.1 Å². The van der Waals surface area contributed by atoms with E-state index in [0.717, 1.165) is 12.0 Å². The van der Waals surface area contributed by atoms with Gasteiger partial charge in [0.25, 0.3) is 5.91 Å². The van der Waals surface area contributed by atoms with E-state index in [0.29, 0.717) is 29.9 Å². The summed E-state index contributed by atoms with van der Waals surface area (Å²) in [6, 6.07) is 11.7. The number of aryl methyl sites for hydroxylation is 1. The van der Waals surface area contributed by atoms with E-state index >= 15 is 0 Å². The van der Waals surface area contributed by atoms with Crippen LogP contribution in [0.2, 0.25) is 0 Å². The number of amides is 3. The minimum atomic E-state index is -0.645. The summed E-state index contributed by atoms with van der Waals surface area (Å²) < 4.78 is 5.35. The Hall–Kier alpha value is -3.35. The summed E-state index contributed by atoms with van der Waals surface area (Å²) in [4.78, 5) is 40.9. The van der Waals surface area contributed by atoms with Crippen molar-refractivity contribution in [2.75, 3.05) is 23.8 Å². The van der Waals surface area contributed by atoms with Crippen molar-refractivity contribution in [3.63, 3.8) is 0 Å². The van der Waals surface area contributed by atoms with Gasteiger partial charge in [0.2, 0.25) is 5.91 Å². The maximum atomic E-state index is 13.0. The van der Waals surface area contributed by atoms with Crippen molar-refractivity contribution in [1.29, 1.82) is 0 Å². The van der Waals surface area contributed by atoms with Gasteiger partial charge >= 0.3 is 6.09 Å². The number of rotatable bonds is 2. The standard InChI is InChI=1S/C21H21N3O4/c1-13-5-7-14(8-6-13)22-21(27)28-15-9-10-17-16(12-15)19(25)24-11-3-4-18(24)20(26)23(17)2/h5-10,12,18H,3-4,11H2,1-2H3,(H,22,27). The molecule has 2 heterocycles. The SMILES string of the molecule is Cc1ccc(NC(=O)Oc2ccc3c(c2)C(=O)N2CCCC2C(=O)N3C)cc1. The highest BCUT2D eigenvalue weighted by Crippen LogP contribution is 2.33. The number of likely N-dealkylation sites (N-methyl/N-ethyl adjacent to an activating group) is 1. The third-order valence-electron chi connectivity index (χ3n) is 5.20. The molecule has 0 bridgehead atoms. The van der Waals surface area contributed by atoms with E-state index in [1.807, 2.05) is 19.1 Å². The van der Waals surface area contributed by atoms with Crippen molar-refractivity contribution < 1.29 is 19.1 Å². The van der Waals surface area contributed by atoms with Gasteiger partial charge in [-0.15, -0.1) is 0 Å². The predicted molar refractivity (Wildman–Crippen MR) is 105 cm³/mol. The van der Waals surface area contributed by atoms with Crippen LogP contribution >= 0.6 is 0 Å². The zero-order valence-corrected chi connectivity index (χ0v) is 15.8. The van der Waals surface area contributed by atoms with Crippen LogP contribution in [0.4, 0.5) is 16.2 Å². The first kappa shape index (κ1) is 18.0. The van der Waals surface area contributed by atoms with E-state index in [-0.39, 0.29) is 17.6 Å². The van der Waals surface area contributed by atoms with Gasteiger partial charge in [0.1, 0.15) is 11.8 Å². The smallest absolute Gasteiger partial charge is 0.410 e. The molecular formula is C21H21N3O4. The number of ether oxygens (including phenoxy) is 1. The molecule has 7 nitrogen and oxygen atoms in total. The molecular weight excluding hydrogens is 358 g/mol. The number of nitrogens with one attached hydrogen (secondary N) is 1. The Morgan fingerprint density at radius 2 is 1.89 bits per heavy atom.